The highest BCUT2D eigenvalue weighted by atomic mass is 15.3. The number of benzene rings is 1. The van der Waals surface area contributed by atoms with Gasteiger partial charge in [-0.05, 0) is 56.9 Å². The van der Waals surface area contributed by atoms with Gasteiger partial charge in [-0.3, -0.25) is 5.10 Å². The van der Waals surface area contributed by atoms with Crippen LogP contribution in [0.2, 0.25) is 0 Å². The van der Waals surface area contributed by atoms with E-state index in [4.69, 9.17) is 0 Å². The van der Waals surface area contributed by atoms with Crippen LogP contribution in [-0.4, -0.2) is 60.3 Å². The molecule has 0 saturated carbocycles. The van der Waals surface area contributed by atoms with E-state index >= 15 is 0 Å². The van der Waals surface area contributed by atoms with E-state index in [0.29, 0.717) is 18.1 Å². The lowest BCUT2D eigenvalue weighted by molar-refractivity contribution is 0.353. The second kappa shape index (κ2) is 7.12. The molecule has 0 radical (unpaired) electrons. The molecule has 6 rings (SSSR count). The Morgan fingerprint density at radius 1 is 1.06 bits per heavy atom. The molecule has 3 aromatic heterocycles. The lowest BCUT2D eigenvalue weighted by Crippen LogP contribution is -2.47. The highest BCUT2D eigenvalue weighted by Crippen LogP contribution is 2.32. The van der Waals surface area contributed by atoms with Crippen LogP contribution >= 0.6 is 0 Å². The Labute approximate surface area is 179 Å². The van der Waals surface area contributed by atoms with Gasteiger partial charge in [0.2, 0.25) is 0 Å². The molecule has 1 aromatic carbocycles. The Hall–Kier alpha value is -3.33. The van der Waals surface area contributed by atoms with Crippen molar-refractivity contribution in [3.05, 3.63) is 42.6 Å². The second-order valence-corrected chi connectivity index (χ2v) is 8.68. The molecule has 3 atom stereocenters. The topological polar surface area (TPSA) is 100 Å². The van der Waals surface area contributed by atoms with Crippen molar-refractivity contribution in [1.29, 1.82) is 0 Å². The zero-order chi connectivity index (χ0) is 20.9. The maximum Gasteiger partial charge on any atom is 0.151 e. The zero-order valence-corrected chi connectivity index (χ0v) is 17.7. The van der Waals surface area contributed by atoms with E-state index in [2.05, 4.69) is 53.8 Å². The lowest BCUT2D eigenvalue weighted by atomic mass is 9.98. The Morgan fingerprint density at radius 3 is 2.61 bits per heavy atom. The van der Waals surface area contributed by atoms with Gasteiger partial charge in [-0.1, -0.05) is 0 Å². The number of piperidine rings is 1. The number of aromatic nitrogens is 7. The molecule has 9 heteroatoms. The van der Waals surface area contributed by atoms with Gasteiger partial charge in [-0.25, -0.2) is 9.67 Å². The fraction of sp³-hybridized carbons (Fsp3) is 0.409. The lowest BCUT2D eigenvalue weighted by Gasteiger charge is -2.36. The van der Waals surface area contributed by atoms with E-state index in [1.54, 1.807) is 11.0 Å². The van der Waals surface area contributed by atoms with Crippen molar-refractivity contribution in [1.82, 2.24) is 40.5 Å². The van der Waals surface area contributed by atoms with Crippen LogP contribution in [-0.2, 0) is 0 Å². The molecule has 2 aliphatic rings. The normalized spacial score (nSPS) is 22.8. The maximum absolute atomic E-state index is 4.57. The van der Waals surface area contributed by atoms with Crippen molar-refractivity contribution in [2.75, 3.05) is 11.9 Å². The minimum absolute atomic E-state index is 0.517. The summed E-state index contributed by atoms with van der Waals surface area (Å²) in [6.07, 6.45) is 8.47. The quantitative estimate of drug-likeness (QED) is 0.528. The van der Waals surface area contributed by atoms with Crippen molar-refractivity contribution in [3.63, 3.8) is 0 Å². The van der Waals surface area contributed by atoms with E-state index < -0.39 is 0 Å². The van der Waals surface area contributed by atoms with Crippen LogP contribution in [0.5, 0.6) is 0 Å². The average molecular weight is 416 g/mol. The van der Waals surface area contributed by atoms with Gasteiger partial charge < -0.3 is 10.2 Å². The van der Waals surface area contributed by atoms with E-state index in [1.807, 2.05) is 31.3 Å². The fourth-order valence-electron chi connectivity index (χ4n) is 5.08. The first-order valence-corrected chi connectivity index (χ1v) is 10.8. The fourth-order valence-corrected chi connectivity index (χ4v) is 5.08. The monoisotopic (exact) mass is 415 g/mol. The Morgan fingerprint density at radius 2 is 1.90 bits per heavy atom. The molecule has 9 nitrogen and oxygen atoms in total. The van der Waals surface area contributed by atoms with Gasteiger partial charge >= 0.3 is 0 Å². The number of anilines is 1. The average Bonchev–Trinajstić information content (AvgIpc) is 3.53. The molecule has 0 amide bonds. The predicted octanol–water partition coefficient (Wildman–Crippen LogP) is 2.63. The van der Waals surface area contributed by atoms with Crippen LogP contribution in [0.3, 0.4) is 0 Å². The highest BCUT2D eigenvalue weighted by molar-refractivity contribution is 5.97. The predicted molar refractivity (Wildman–Crippen MR) is 118 cm³/mol. The Balaban J connectivity index is 1.30. The molecular weight excluding hydrogens is 390 g/mol. The summed E-state index contributed by atoms with van der Waals surface area (Å²) in [6, 6.07) is 9.99. The van der Waals surface area contributed by atoms with Gasteiger partial charge in [0, 0.05) is 36.1 Å². The summed E-state index contributed by atoms with van der Waals surface area (Å²) in [5.41, 5.74) is 3.63. The van der Waals surface area contributed by atoms with E-state index in [-0.39, 0.29) is 0 Å². The molecule has 0 aliphatic carbocycles. The first-order chi connectivity index (χ1) is 15.2. The molecule has 0 spiro atoms. The second-order valence-electron chi connectivity index (χ2n) is 8.68. The van der Waals surface area contributed by atoms with Crippen LogP contribution in [0.4, 0.5) is 5.82 Å². The van der Waals surface area contributed by atoms with Gasteiger partial charge in [-0.15, -0.1) is 10.2 Å². The number of nitrogens with one attached hydrogen (secondary N) is 2. The van der Waals surface area contributed by atoms with E-state index in [9.17, 15) is 0 Å². The molecule has 2 saturated heterocycles. The number of rotatable bonds is 4. The minimum Gasteiger partial charge on any atom is -0.355 e. The molecule has 31 heavy (non-hydrogen) atoms. The summed E-state index contributed by atoms with van der Waals surface area (Å²) in [5, 5.41) is 25.6. The first-order valence-electron chi connectivity index (χ1n) is 10.8. The SMILES string of the molecule is Cc1ncn(-c2ccc(-c3ccc(N(C)C4C[C@H]5CC[C@@H](C4)N5)nn3)c3[nH]ncc23)n1. The summed E-state index contributed by atoms with van der Waals surface area (Å²) < 4.78 is 1.77. The number of aryl methyl sites for hydroxylation is 1. The number of fused-ring (bicyclic) bond motifs is 3. The molecule has 5 heterocycles. The Bertz CT molecular complexity index is 1210. The van der Waals surface area contributed by atoms with Crippen LogP contribution < -0.4 is 10.2 Å². The van der Waals surface area contributed by atoms with Crippen molar-refractivity contribution in [2.45, 2.75) is 50.7 Å². The number of H-pyrrole nitrogens is 1. The summed E-state index contributed by atoms with van der Waals surface area (Å²) in [7, 11) is 2.14. The number of aromatic amines is 1. The van der Waals surface area contributed by atoms with Crippen LogP contribution in [0.1, 0.15) is 31.5 Å². The van der Waals surface area contributed by atoms with Gasteiger partial charge in [-0.2, -0.15) is 10.2 Å². The van der Waals surface area contributed by atoms with Crippen molar-refractivity contribution >= 4 is 16.7 Å². The zero-order valence-electron chi connectivity index (χ0n) is 17.7. The van der Waals surface area contributed by atoms with Crippen molar-refractivity contribution in [3.8, 4) is 16.9 Å². The third-order valence-electron chi connectivity index (χ3n) is 6.73. The molecule has 2 fully saturated rings. The van der Waals surface area contributed by atoms with Gasteiger partial charge in [0.25, 0.3) is 0 Å². The molecular formula is C22H25N9. The third kappa shape index (κ3) is 3.16. The number of nitrogens with zero attached hydrogens (tertiary/aromatic N) is 7. The standard InChI is InChI=1S/C22H25N9/c1-13-23-12-31(29-13)20-7-5-17(22-18(20)11-24-28-22)19-6-8-21(27-26-19)30(2)16-9-14-3-4-15(10-16)25-14/h5-8,11-12,14-16,25H,3-4,9-10H2,1-2H3,(H,24,28)/t14-,15+,16?. The highest BCUT2D eigenvalue weighted by Gasteiger charge is 2.35. The minimum atomic E-state index is 0.517. The molecule has 2 aliphatic heterocycles. The summed E-state index contributed by atoms with van der Waals surface area (Å²) in [5.74, 6) is 1.65. The summed E-state index contributed by atoms with van der Waals surface area (Å²) in [4.78, 5) is 6.53. The molecule has 4 aromatic rings. The maximum atomic E-state index is 4.57. The summed E-state index contributed by atoms with van der Waals surface area (Å²) in [6.45, 7) is 1.88. The van der Waals surface area contributed by atoms with Gasteiger partial charge in [0.1, 0.15) is 12.2 Å². The van der Waals surface area contributed by atoms with Gasteiger partial charge in [0.15, 0.2) is 5.82 Å². The number of hydrogen-bond acceptors (Lipinski definition) is 7. The molecule has 1 unspecified atom stereocenters. The summed E-state index contributed by atoms with van der Waals surface area (Å²) >= 11 is 0. The molecule has 158 valence electrons. The van der Waals surface area contributed by atoms with Gasteiger partial charge in [0.05, 0.1) is 23.1 Å². The smallest absolute Gasteiger partial charge is 0.151 e. The van der Waals surface area contributed by atoms with Crippen LogP contribution in [0, 0.1) is 6.92 Å². The Kier molecular flexibility index (Phi) is 4.24. The van der Waals surface area contributed by atoms with Crippen molar-refractivity contribution < 1.29 is 0 Å². The first kappa shape index (κ1) is 18.4. The van der Waals surface area contributed by atoms with E-state index in [0.717, 1.165) is 39.5 Å². The van der Waals surface area contributed by atoms with E-state index in [1.165, 1.54) is 25.7 Å². The van der Waals surface area contributed by atoms with Crippen LogP contribution in [0.15, 0.2) is 36.8 Å². The molecule has 2 N–H and O–H groups in total. The van der Waals surface area contributed by atoms with Crippen LogP contribution in [0.25, 0.3) is 27.8 Å². The largest absolute Gasteiger partial charge is 0.355 e. The van der Waals surface area contributed by atoms with Crippen molar-refractivity contribution in [2.24, 2.45) is 0 Å². The number of hydrogen-bond donors (Lipinski definition) is 2. The third-order valence-corrected chi connectivity index (χ3v) is 6.73. The molecule has 2 bridgehead atoms.